The summed E-state index contributed by atoms with van der Waals surface area (Å²) in [4.78, 5) is 13.7. The molecule has 1 aliphatic heterocycles. The van der Waals surface area contributed by atoms with Crippen molar-refractivity contribution in [3.05, 3.63) is 89.2 Å². The van der Waals surface area contributed by atoms with Gasteiger partial charge in [-0.05, 0) is 61.1 Å². The second-order valence-corrected chi connectivity index (χ2v) is 9.03. The standard InChI is InChI=1S/C28H34N4O2/c1-22(33)29-25-15-17-32(18-16-25)21-24-9-13-28(14-10-24)34-19-5-8-26-11-12-27(31-30-26)20-23-6-3-2-4-7-23/h2-4,6-7,9-14,25H,5,8,15-21H2,1H3,(H,29,33). The molecule has 1 aromatic heterocycles. The van der Waals surface area contributed by atoms with Gasteiger partial charge < -0.3 is 10.1 Å². The van der Waals surface area contributed by atoms with E-state index in [-0.39, 0.29) is 5.91 Å². The van der Waals surface area contributed by atoms with Crippen molar-refractivity contribution in [2.24, 2.45) is 0 Å². The molecule has 0 bridgehead atoms. The maximum Gasteiger partial charge on any atom is 0.217 e. The van der Waals surface area contributed by atoms with Crippen LogP contribution in [-0.4, -0.2) is 46.7 Å². The third-order valence-corrected chi connectivity index (χ3v) is 6.17. The minimum Gasteiger partial charge on any atom is -0.494 e. The second-order valence-electron chi connectivity index (χ2n) is 9.03. The van der Waals surface area contributed by atoms with Crippen molar-refractivity contribution >= 4 is 5.91 Å². The van der Waals surface area contributed by atoms with E-state index in [0.717, 1.165) is 68.9 Å². The molecule has 6 nitrogen and oxygen atoms in total. The lowest BCUT2D eigenvalue weighted by Crippen LogP contribution is -2.43. The molecule has 0 saturated carbocycles. The smallest absolute Gasteiger partial charge is 0.217 e. The Morgan fingerprint density at radius 2 is 1.65 bits per heavy atom. The van der Waals surface area contributed by atoms with Gasteiger partial charge in [0.25, 0.3) is 0 Å². The molecule has 0 radical (unpaired) electrons. The number of hydrogen-bond acceptors (Lipinski definition) is 5. The Kier molecular flexibility index (Phi) is 8.63. The summed E-state index contributed by atoms with van der Waals surface area (Å²) in [5, 5.41) is 11.8. The fourth-order valence-electron chi connectivity index (χ4n) is 4.34. The zero-order chi connectivity index (χ0) is 23.6. The van der Waals surface area contributed by atoms with Crippen molar-refractivity contribution in [3.63, 3.8) is 0 Å². The lowest BCUT2D eigenvalue weighted by molar-refractivity contribution is -0.119. The summed E-state index contributed by atoms with van der Waals surface area (Å²) in [5.74, 6) is 0.969. The number of aryl methyl sites for hydroxylation is 1. The van der Waals surface area contributed by atoms with Gasteiger partial charge in [-0.1, -0.05) is 42.5 Å². The Balaban J connectivity index is 1.13. The predicted octanol–water partition coefficient (Wildman–Crippen LogP) is 4.18. The monoisotopic (exact) mass is 458 g/mol. The number of amides is 1. The average molecular weight is 459 g/mol. The van der Waals surface area contributed by atoms with Crippen LogP contribution in [0.4, 0.5) is 0 Å². The van der Waals surface area contributed by atoms with Gasteiger partial charge in [0.1, 0.15) is 5.75 Å². The summed E-state index contributed by atoms with van der Waals surface area (Å²) in [6.45, 7) is 5.21. The summed E-state index contributed by atoms with van der Waals surface area (Å²) in [7, 11) is 0. The zero-order valence-corrected chi connectivity index (χ0v) is 20.0. The minimum atomic E-state index is 0.0683. The largest absolute Gasteiger partial charge is 0.494 e. The van der Waals surface area contributed by atoms with E-state index >= 15 is 0 Å². The van der Waals surface area contributed by atoms with Crippen LogP contribution in [0.2, 0.25) is 0 Å². The van der Waals surface area contributed by atoms with Crippen molar-refractivity contribution in [1.82, 2.24) is 20.4 Å². The summed E-state index contributed by atoms with van der Waals surface area (Å²) in [5.41, 5.74) is 4.52. The highest BCUT2D eigenvalue weighted by Crippen LogP contribution is 2.17. The molecule has 6 heteroatoms. The van der Waals surface area contributed by atoms with E-state index in [2.05, 4.69) is 68.9 Å². The molecule has 178 valence electrons. The third-order valence-electron chi connectivity index (χ3n) is 6.17. The molecule has 3 aromatic rings. The van der Waals surface area contributed by atoms with Gasteiger partial charge in [-0.2, -0.15) is 10.2 Å². The summed E-state index contributed by atoms with van der Waals surface area (Å²) in [6, 6.07) is 23.2. The highest BCUT2D eigenvalue weighted by Gasteiger charge is 2.19. The van der Waals surface area contributed by atoms with E-state index in [1.54, 1.807) is 6.92 Å². The Hall–Kier alpha value is -3.25. The van der Waals surface area contributed by atoms with Crippen LogP contribution in [0.15, 0.2) is 66.7 Å². The molecule has 0 atom stereocenters. The molecule has 2 heterocycles. The van der Waals surface area contributed by atoms with E-state index in [1.807, 2.05) is 18.2 Å². The normalized spacial score (nSPS) is 14.6. The van der Waals surface area contributed by atoms with Gasteiger partial charge in [0.05, 0.1) is 18.0 Å². The summed E-state index contributed by atoms with van der Waals surface area (Å²) >= 11 is 0. The number of hydrogen-bond donors (Lipinski definition) is 1. The topological polar surface area (TPSA) is 67.4 Å². The van der Waals surface area contributed by atoms with Crippen LogP contribution in [0.25, 0.3) is 0 Å². The molecular formula is C28H34N4O2. The number of benzene rings is 2. The third kappa shape index (κ3) is 7.66. The number of likely N-dealkylation sites (tertiary alicyclic amines) is 1. The van der Waals surface area contributed by atoms with E-state index in [1.165, 1.54) is 11.1 Å². The first kappa shape index (κ1) is 23.9. The molecule has 0 aliphatic carbocycles. The van der Waals surface area contributed by atoms with Crippen LogP contribution in [0, 0.1) is 0 Å². The Morgan fingerprint density at radius 1 is 0.941 bits per heavy atom. The molecule has 34 heavy (non-hydrogen) atoms. The Labute approximate surface area is 202 Å². The van der Waals surface area contributed by atoms with Crippen LogP contribution in [0.1, 0.15) is 48.7 Å². The highest BCUT2D eigenvalue weighted by molar-refractivity contribution is 5.73. The van der Waals surface area contributed by atoms with Crippen molar-refractivity contribution in [2.75, 3.05) is 19.7 Å². The van der Waals surface area contributed by atoms with E-state index in [9.17, 15) is 4.79 Å². The number of aromatic nitrogens is 2. The van der Waals surface area contributed by atoms with Crippen LogP contribution >= 0.6 is 0 Å². The van der Waals surface area contributed by atoms with Crippen LogP contribution < -0.4 is 10.1 Å². The quantitative estimate of drug-likeness (QED) is 0.462. The van der Waals surface area contributed by atoms with Gasteiger partial charge in [0, 0.05) is 39.0 Å². The number of nitrogens with zero attached hydrogens (tertiary/aromatic N) is 3. The Bertz CT molecular complexity index is 1010. The van der Waals surface area contributed by atoms with Gasteiger partial charge in [0.2, 0.25) is 5.91 Å². The molecule has 2 aromatic carbocycles. The highest BCUT2D eigenvalue weighted by atomic mass is 16.5. The van der Waals surface area contributed by atoms with Crippen molar-refractivity contribution in [2.45, 2.75) is 51.6 Å². The number of piperidine rings is 1. The minimum absolute atomic E-state index is 0.0683. The molecule has 0 spiro atoms. The maximum absolute atomic E-state index is 11.2. The van der Waals surface area contributed by atoms with Crippen molar-refractivity contribution < 1.29 is 9.53 Å². The number of nitrogens with one attached hydrogen (secondary N) is 1. The lowest BCUT2D eigenvalue weighted by atomic mass is 10.0. The van der Waals surface area contributed by atoms with Gasteiger partial charge in [-0.25, -0.2) is 0 Å². The molecule has 1 aliphatic rings. The lowest BCUT2D eigenvalue weighted by Gasteiger charge is -2.32. The molecule has 1 amide bonds. The number of carbonyl (C=O) groups excluding carboxylic acids is 1. The number of ether oxygens (including phenoxy) is 1. The maximum atomic E-state index is 11.2. The number of carbonyl (C=O) groups is 1. The van der Waals surface area contributed by atoms with Crippen LogP contribution in [0.3, 0.4) is 0 Å². The second kappa shape index (κ2) is 12.3. The summed E-state index contributed by atoms with van der Waals surface area (Å²) < 4.78 is 5.92. The van der Waals surface area contributed by atoms with Gasteiger partial charge in [-0.15, -0.1) is 0 Å². The fraction of sp³-hybridized carbons (Fsp3) is 0.393. The van der Waals surface area contributed by atoms with Crippen LogP contribution in [0.5, 0.6) is 5.75 Å². The van der Waals surface area contributed by atoms with Crippen molar-refractivity contribution in [1.29, 1.82) is 0 Å². The average Bonchev–Trinajstić information content (AvgIpc) is 2.85. The summed E-state index contributed by atoms with van der Waals surface area (Å²) in [6.07, 6.45) is 4.59. The molecule has 1 saturated heterocycles. The van der Waals surface area contributed by atoms with Gasteiger partial charge in [-0.3, -0.25) is 9.69 Å². The fourth-order valence-corrected chi connectivity index (χ4v) is 4.34. The molecule has 1 fully saturated rings. The number of rotatable bonds is 10. The van der Waals surface area contributed by atoms with E-state index < -0.39 is 0 Å². The first-order valence-electron chi connectivity index (χ1n) is 12.2. The Morgan fingerprint density at radius 3 is 2.32 bits per heavy atom. The van der Waals surface area contributed by atoms with Gasteiger partial charge in [0.15, 0.2) is 0 Å². The van der Waals surface area contributed by atoms with Crippen LogP contribution in [-0.2, 0) is 24.2 Å². The first-order chi connectivity index (χ1) is 16.6. The molecule has 4 rings (SSSR count). The SMILES string of the molecule is CC(=O)NC1CCN(Cc2ccc(OCCCc3ccc(Cc4ccccc4)nn3)cc2)CC1. The van der Waals surface area contributed by atoms with Crippen molar-refractivity contribution in [3.8, 4) is 5.75 Å². The predicted molar refractivity (Wildman–Crippen MR) is 134 cm³/mol. The first-order valence-corrected chi connectivity index (χ1v) is 12.2. The van der Waals surface area contributed by atoms with E-state index in [4.69, 9.17) is 4.74 Å². The zero-order valence-electron chi connectivity index (χ0n) is 20.0. The molecule has 0 unspecified atom stereocenters. The molecule has 1 N–H and O–H groups in total. The van der Waals surface area contributed by atoms with Gasteiger partial charge >= 0.3 is 0 Å². The molecular weight excluding hydrogens is 424 g/mol. The van der Waals surface area contributed by atoms with E-state index in [0.29, 0.717) is 12.6 Å².